The van der Waals surface area contributed by atoms with E-state index < -0.39 is 0 Å². The molecule has 0 radical (unpaired) electrons. The zero-order valence-corrected chi connectivity index (χ0v) is 19.7. The topological polar surface area (TPSA) is 60.0 Å². The van der Waals surface area contributed by atoms with Crippen LogP contribution in [-0.4, -0.2) is 50.0 Å². The summed E-state index contributed by atoms with van der Waals surface area (Å²) in [6.07, 6.45) is 3.55. The second-order valence-corrected chi connectivity index (χ2v) is 9.75. The summed E-state index contributed by atoms with van der Waals surface area (Å²) in [4.78, 5) is 6.58. The van der Waals surface area contributed by atoms with Gasteiger partial charge in [0.25, 0.3) is 0 Å². The Kier molecular flexibility index (Phi) is 6.36. The van der Waals surface area contributed by atoms with Crippen molar-refractivity contribution >= 4 is 35.8 Å². The third-order valence-corrected chi connectivity index (χ3v) is 7.66. The molecular weight excluding hydrogens is 460 g/mol. The highest BCUT2D eigenvalue weighted by Crippen LogP contribution is 2.59. The number of piperidine rings is 1. The van der Waals surface area contributed by atoms with Crippen LogP contribution in [0.1, 0.15) is 24.1 Å². The summed E-state index contributed by atoms with van der Waals surface area (Å²) >= 11 is 7.62. The fourth-order valence-electron chi connectivity index (χ4n) is 4.67. The molecule has 166 valence electrons. The maximum Gasteiger partial charge on any atom is 0.202 e. The van der Waals surface area contributed by atoms with Gasteiger partial charge in [-0.25, -0.2) is 9.37 Å². The van der Waals surface area contributed by atoms with Crippen LogP contribution in [0.2, 0.25) is 5.02 Å². The number of fused-ring (bicyclic) bond motifs is 1. The molecule has 5 rings (SSSR count). The number of hydrogen-bond acceptors (Lipinski definition) is 6. The number of aromatic nitrogens is 4. The number of aryl methyl sites for hydroxylation is 1. The fourth-order valence-corrected chi connectivity index (χ4v) is 5.67. The molecule has 2 fully saturated rings. The number of likely N-dealkylation sites (tertiary alicyclic amines) is 1. The monoisotopic (exact) mass is 483 g/mol. The predicted octanol–water partition coefficient (Wildman–Crippen LogP) is 4.75. The van der Waals surface area contributed by atoms with Crippen molar-refractivity contribution in [1.29, 1.82) is 0 Å². The standard InChI is InChI=1S/C21H23ClFN5OS.ClH/c1-13-18(29-12-24-13)19-25-26-20(27(19)2)30-7-3-6-28-10-14-9-21(14,11-28)16-5-4-15(22)8-17(16)23;/h4-5,8,12,14H,3,6-7,9-11H2,1-2H3;1H/t14-,21-;/m1./s1. The number of oxazole rings is 1. The maximum atomic E-state index is 14.4. The molecule has 0 bridgehead atoms. The number of thioether (sulfide) groups is 1. The number of benzene rings is 1. The van der Waals surface area contributed by atoms with Gasteiger partial charge in [0, 0.05) is 36.3 Å². The van der Waals surface area contributed by atoms with Gasteiger partial charge in [-0.3, -0.25) is 0 Å². The highest BCUT2D eigenvalue weighted by molar-refractivity contribution is 7.99. The maximum absolute atomic E-state index is 14.4. The highest BCUT2D eigenvalue weighted by Gasteiger charge is 2.61. The van der Waals surface area contributed by atoms with E-state index in [1.165, 1.54) is 12.5 Å². The molecular formula is C21H24Cl2FN5OS. The molecule has 1 aliphatic carbocycles. The first-order valence-electron chi connectivity index (χ1n) is 10.1. The second kappa shape index (κ2) is 8.73. The quantitative estimate of drug-likeness (QED) is 0.357. The number of nitrogens with zero attached hydrogens (tertiary/aromatic N) is 5. The molecule has 1 saturated carbocycles. The summed E-state index contributed by atoms with van der Waals surface area (Å²) in [7, 11) is 1.94. The minimum absolute atomic E-state index is 0. The minimum atomic E-state index is -0.164. The Hall–Kier alpha value is -1.61. The van der Waals surface area contributed by atoms with Gasteiger partial charge in [0.05, 0.1) is 5.69 Å². The van der Waals surface area contributed by atoms with Crippen LogP contribution in [-0.2, 0) is 12.5 Å². The molecule has 0 unspecified atom stereocenters. The zero-order valence-electron chi connectivity index (χ0n) is 17.3. The van der Waals surface area contributed by atoms with Crippen LogP contribution in [0.15, 0.2) is 34.2 Å². The predicted molar refractivity (Wildman–Crippen MR) is 121 cm³/mol. The highest BCUT2D eigenvalue weighted by atomic mass is 35.5. The van der Waals surface area contributed by atoms with Crippen LogP contribution in [0, 0.1) is 18.7 Å². The molecule has 31 heavy (non-hydrogen) atoms. The van der Waals surface area contributed by atoms with Gasteiger partial charge in [0.15, 0.2) is 17.3 Å². The van der Waals surface area contributed by atoms with Crippen molar-refractivity contribution in [1.82, 2.24) is 24.6 Å². The summed E-state index contributed by atoms with van der Waals surface area (Å²) in [5, 5.41) is 9.87. The van der Waals surface area contributed by atoms with Crippen molar-refractivity contribution in [3.05, 3.63) is 46.7 Å². The number of hydrogen-bond donors (Lipinski definition) is 0. The Bertz CT molecular complexity index is 1090. The Morgan fingerprint density at radius 3 is 2.94 bits per heavy atom. The van der Waals surface area contributed by atoms with Gasteiger partial charge in [-0.15, -0.1) is 22.6 Å². The first kappa shape index (κ1) is 22.6. The average Bonchev–Trinajstić information content (AvgIpc) is 3.02. The van der Waals surface area contributed by atoms with Gasteiger partial charge < -0.3 is 13.9 Å². The van der Waals surface area contributed by atoms with Crippen molar-refractivity contribution in [2.45, 2.75) is 30.3 Å². The van der Waals surface area contributed by atoms with Gasteiger partial charge in [0.1, 0.15) is 5.82 Å². The van der Waals surface area contributed by atoms with E-state index in [0.717, 1.165) is 54.6 Å². The van der Waals surface area contributed by atoms with E-state index in [0.29, 0.717) is 22.5 Å². The van der Waals surface area contributed by atoms with Crippen molar-refractivity contribution < 1.29 is 8.81 Å². The lowest BCUT2D eigenvalue weighted by Crippen LogP contribution is -2.28. The molecule has 0 N–H and O–H groups in total. The van der Waals surface area contributed by atoms with E-state index in [2.05, 4.69) is 20.1 Å². The zero-order chi connectivity index (χ0) is 20.9. The van der Waals surface area contributed by atoms with E-state index >= 15 is 0 Å². The molecule has 6 nitrogen and oxygen atoms in total. The van der Waals surface area contributed by atoms with Crippen molar-refractivity contribution in [2.24, 2.45) is 13.0 Å². The van der Waals surface area contributed by atoms with E-state index in [4.69, 9.17) is 16.0 Å². The van der Waals surface area contributed by atoms with Crippen LogP contribution in [0.25, 0.3) is 11.6 Å². The van der Waals surface area contributed by atoms with Gasteiger partial charge in [-0.2, -0.15) is 0 Å². The molecule has 1 aromatic carbocycles. The Morgan fingerprint density at radius 1 is 1.35 bits per heavy atom. The molecule has 10 heteroatoms. The van der Waals surface area contributed by atoms with Crippen LogP contribution in [0.4, 0.5) is 4.39 Å². The third kappa shape index (κ3) is 4.11. The average molecular weight is 484 g/mol. The number of rotatable bonds is 7. The molecule has 2 aliphatic rings. The normalized spacial score (nSPS) is 22.4. The Labute approximate surface area is 196 Å². The summed E-state index contributed by atoms with van der Waals surface area (Å²) < 4.78 is 21.8. The fraction of sp³-hybridized carbons (Fsp3) is 0.476. The van der Waals surface area contributed by atoms with E-state index in [1.54, 1.807) is 17.8 Å². The van der Waals surface area contributed by atoms with Crippen molar-refractivity contribution in [3.8, 4) is 11.6 Å². The molecule has 3 aromatic rings. The summed E-state index contributed by atoms with van der Waals surface area (Å²) in [5.41, 5.74) is 1.64. The van der Waals surface area contributed by atoms with Crippen LogP contribution >= 0.6 is 35.8 Å². The lowest BCUT2D eigenvalue weighted by atomic mass is 9.94. The molecule has 2 atom stereocenters. The lowest BCUT2D eigenvalue weighted by Gasteiger charge is -2.21. The van der Waals surface area contributed by atoms with Crippen molar-refractivity contribution in [3.63, 3.8) is 0 Å². The molecule has 0 amide bonds. The van der Waals surface area contributed by atoms with Crippen LogP contribution in [0.5, 0.6) is 0 Å². The van der Waals surface area contributed by atoms with Gasteiger partial charge in [-0.1, -0.05) is 29.4 Å². The van der Waals surface area contributed by atoms with Gasteiger partial charge >= 0.3 is 0 Å². The van der Waals surface area contributed by atoms with Gasteiger partial charge in [-0.05, 0) is 49.9 Å². The van der Waals surface area contributed by atoms with Crippen LogP contribution in [0.3, 0.4) is 0 Å². The van der Waals surface area contributed by atoms with E-state index in [9.17, 15) is 4.39 Å². The van der Waals surface area contributed by atoms with Crippen molar-refractivity contribution in [2.75, 3.05) is 25.4 Å². The Balaban J connectivity index is 0.00000231. The second-order valence-electron chi connectivity index (χ2n) is 8.25. The summed E-state index contributed by atoms with van der Waals surface area (Å²) in [6, 6.07) is 5.12. The minimum Gasteiger partial charge on any atom is -0.440 e. The summed E-state index contributed by atoms with van der Waals surface area (Å²) in [6.45, 7) is 4.88. The largest absolute Gasteiger partial charge is 0.440 e. The smallest absolute Gasteiger partial charge is 0.202 e. The third-order valence-electron chi connectivity index (χ3n) is 6.32. The summed E-state index contributed by atoms with van der Waals surface area (Å²) in [5.74, 6) is 2.70. The molecule has 0 spiro atoms. The molecule has 1 aliphatic heterocycles. The van der Waals surface area contributed by atoms with E-state index in [1.807, 2.05) is 24.6 Å². The first-order valence-corrected chi connectivity index (χ1v) is 11.4. The molecule has 3 heterocycles. The first-order chi connectivity index (χ1) is 14.5. The Morgan fingerprint density at radius 2 is 2.19 bits per heavy atom. The van der Waals surface area contributed by atoms with Gasteiger partial charge in [0.2, 0.25) is 5.82 Å². The lowest BCUT2D eigenvalue weighted by molar-refractivity contribution is 0.298. The van der Waals surface area contributed by atoms with E-state index in [-0.39, 0.29) is 23.6 Å². The molecule has 2 aromatic heterocycles. The number of halogens is 3. The molecule has 1 saturated heterocycles. The SMILES string of the molecule is Cc1ncoc1-c1nnc(SCCCN2C[C@H]3C[C@@]3(c3ccc(Cl)cc3F)C2)n1C.Cl. The van der Waals surface area contributed by atoms with Crippen LogP contribution < -0.4 is 0 Å².